The highest BCUT2D eigenvalue weighted by molar-refractivity contribution is 7.22. The van der Waals surface area contributed by atoms with Crippen molar-refractivity contribution in [2.45, 2.75) is 13.8 Å². The van der Waals surface area contributed by atoms with Gasteiger partial charge in [-0.25, -0.2) is 4.98 Å². The Bertz CT molecular complexity index is 621. The molecular formula is C10H9N3O3S. The van der Waals surface area contributed by atoms with Crippen LogP contribution in [0.2, 0.25) is 0 Å². The number of nitrogens with one attached hydrogen (secondary N) is 1. The minimum atomic E-state index is -0.466. The van der Waals surface area contributed by atoms with Crippen molar-refractivity contribution in [2.24, 2.45) is 0 Å². The third kappa shape index (κ3) is 2.23. The number of aromatic nitrogens is 1. The summed E-state index contributed by atoms with van der Waals surface area (Å²) < 4.78 is 0.695. The number of hydrogen-bond donors (Lipinski definition) is 1. The average Bonchev–Trinajstić information content (AvgIpc) is 2.56. The van der Waals surface area contributed by atoms with Gasteiger partial charge < -0.3 is 5.32 Å². The van der Waals surface area contributed by atoms with Crippen molar-refractivity contribution < 1.29 is 9.72 Å². The van der Waals surface area contributed by atoms with E-state index in [1.54, 1.807) is 6.92 Å². The number of non-ortho nitro benzene ring substituents is 1. The monoisotopic (exact) mass is 251 g/mol. The number of carbonyl (C=O) groups excluding carboxylic acids is 1. The number of fused-ring (bicyclic) bond motifs is 1. The molecule has 0 spiro atoms. The van der Waals surface area contributed by atoms with Crippen molar-refractivity contribution in [1.29, 1.82) is 0 Å². The van der Waals surface area contributed by atoms with E-state index in [4.69, 9.17) is 0 Å². The van der Waals surface area contributed by atoms with E-state index in [0.29, 0.717) is 15.3 Å². The molecule has 88 valence electrons. The van der Waals surface area contributed by atoms with E-state index >= 15 is 0 Å². The van der Waals surface area contributed by atoms with Gasteiger partial charge in [0.05, 0.1) is 9.62 Å². The van der Waals surface area contributed by atoms with E-state index in [9.17, 15) is 14.9 Å². The highest BCUT2D eigenvalue weighted by Crippen LogP contribution is 2.33. The second-order valence-electron chi connectivity index (χ2n) is 3.59. The van der Waals surface area contributed by atoms with Crippen LogP contribution in [-0.2, 0) is 4.79 Å². The Morgan fingerprint density at radius 1 is 1.53 bits per heavy atom. The molecule has 1 aromatic heterocycles. The van der Waals surface area contributed by atoms with Gasteiger partial charge in [-0.2, -0.15) is 0 Å². The number of nitro groups is 1. The van der Waals surface area contributed by atoms with Gasteiger partial charge in [-0.1, -0.05) is 11.3 Å². The molecule has 0 saturated carbocycles. The van der Waals surface area contributed by atoms with E-state index in [0.717, 1.165) is 5.56 Å². The third-order valence-corrected chi connectivity index (χ3v) is 3.02. The molecule has 0 bridgehead atoms. The summed E-state index contributed by atoms with van der Waals surface area (Å²) >= 11 is 1.22. The van der Waals surface area contributed by atoms with Crippen LogP contribution in [0.1, 0.15) is 12.5 Å². The van der Waals surface area contributed by atoms with Gasteiger partial charge in [0.1, 0.15) is 0 Å². The smallest absolute Gasteiger partial charge is 0.296 e. The maximum absolute atomic E-state index is 10.9. The van der Waals surface area contributed by atoms with E-state index in [2.05, 4.69) is 10.3 Å². The van der Waals surface area contributed by atoms with Crippen molar-refractivity contribution >= 4 is 38.3 Å². The fraction of sp³-hybridized carbons (Fsp3) is 0.200. The topological polar surface area (TPSA) is 85.1 Å². The predicted octanol–water partition coefficient (Wildman–Crippen LogP) is 2.47. The number of thiazole rings is 1. The van der Waals surface area contributed by atoms with Crippen LogP contribution in [0.5, 0.6) is 0 Å². The second-order valence-corrected chi connectivity index (χ2v) is 4.62. The molecule has 2 rings (SSSR count). The molecule has 0 radical (unpaired) electrons. The van der Waals surface area contributed by atoms with E-state index in [1.165, 1.54) is 24.3 Å². The van der Waals surface area contributed by atoms with Crippen LogP contribution in [0.15, 0.2) is 12.1 Å². The molecule has 0 unspecified atom stereocenters. The molecule has 2 aromatic rings. The van der Waals surface area contributed by atoms with Gasteiger partial charge in [0, 0.05) is 13.0 Å². The fourth-order valence-electron chi connectivity index (χ4n) is 1.49. The molecular weight excluding hydrogens is 242 g/mol. The largest absolute Gasteiger partial charge is 0.302 e. The van der Waals surface area contributed by atoms with Crippen LogP contribution in [-0.4, -0.2) is 15.8 Å². The minimum Gasteiger partial charge on any atom is -0.302 e. The molecule has 1 amide bonds. The highest BCUT2D eigenvalue weighted by Gasteiger charge is 2.17. The first-order chi connectivity index (χ1) is 7.97. The first kappa shape index (κ1) is 11.5. The maximum Gasteiger partial charge on any atom is 0.296 e. The number of nitrogens with zero attached hydrogens (tertiary/aromatic N) is 2. The van der Waals surface area contributed by atoms with E-state index in [1.807, 2.05) is 6.07 Å². The molecule has 0 fully saturated rings. The Morgan fingerprint density at radius 2 is 2.24 bits per heavy atom. The number of hydrogen-bond acceptors (Lipinski definition) is 5. The standard InChI is InChI=1S/C10H9N3O3S/c1-5-3-7(13(15)16)9-8(4-5)17-10(12-9)11-6(2)14/h3-4H,1-2H3,(H,11,12,14). The Morgan fingerprint density at radius 3 is 2.82 bits per heavy atom. The maximum atomic E-state index is 10.9. The van der Waals surface area contributed by atoms with Crippen molar-refractivity contribution in [1.82, 2.24) is 4.98 Å². The van der Waals surface area contributed by atoms with Gasteiger partial charge in [0.15, 0.2) is 10.6 Å². The molecule has 0 aliphatic carbocycles. The normalized spacial score (nSPS) is 10.5. The van der Waals surface area contributed by atoms with Crippen LogP contribution in [0, 0.1) is 17.0 Å². The number of amides is 1. The predicted molar refractivity (Wildman–Crippen MR) is 65.3 cm³/mol. The van der Waals surface area contributed by atoms with E-state index in [-0.39, 0.29) is 11.6 Å². The van der Waals surface area contributed by atoms with Gasteiger partial charge >= 0.3 is 0 Å². The lowest BCUT2D eigenvalue weighted by atomic mass is 10.2. The van der Waals surface area contributed by atoms with Crippen LogP contribution >= 0.6 is 11.3 Å². The molecule has 17 heavy (non-hydrogen) atoms. The number of anilines is 1. The molecule has 1 N–H and O–H groups in total. The number of carbonyl (C=O) groups is 1. The minimum absolute atomic E-state index is 0.0344. The van der Waals surface area contributed by atoms with E-state index < -0.39 is 4.92 Å². The highest BCUT2D eigenvalue weighted by atomic mass is 32.1. The Hall–Kier alpha value is -2.02. The molecule has 0 aliphatic heterocycles. The molecule has 7 heteroatoms. The van der Waals surface area contributed by atoms with Gasteiger partial charge in [-0.3, -0.25) is 14.9 Å². The number of nitro benzene ring substituents is 1. The fourth-order valence-corrected chi connectivity index (χ4v) is 2.52. The zero-order chi connectivity index (χ0) is 12.6. The van der Waals surface area contributed by atoms with Crippen LogP contribution in [0.3, 0.4) is 0 Å². The summed E-state index contributed by atoms with van der Waals surface area (Å²) in [6.07, 6.45) is 0. The molecule has 0 aliphatic rings. The summed E-state index contributed by atoms with van der Waals surface area (Å²) in [5, 5.41) is 13.8. The molecule has 6 nitrogen and oxygen atoms in total. The third-order valence-electron chi connectivity index (χ3n) is 2.10. The lowest BCUT2D eigenvalue weighted by Gasteiger charge is -1.94. The van der Waals surface area contributed by atoms with Crippen molar-refractivity contribution in [3.8, 4) is 0 Å². The zero-order valence-electron chi connectivity index (χ0n) is 9.18. The van der Waals surface area contributed by atoms with Crippen molar-refractivity contribution in [3.05, 3.63) is 27.8 Å². The summed E-state index contributed by atoms with van der Waals surface area (Å²) in [6.45, 7) is 3.15. The summed E-state index contributed by atoms with van der Waals surface area (Å²) in [5.41, 5.74) is 1.07. The first-order valence-electron chi connectivity index (χ1n) is 4.80. The molecule has 0 saturated heterocycles. The summed E-state index contributed by atoms with van der Waals surface area (Å²) in [6, 6.07) is 3.28. The van der Waals surface area contributed by atoms with Gasteiger partial charge in [-0.05, 0) is 18.6 Å². The quantitative estimate of drug-likeness (QED) is 0.656. The molecule has 1 aromatic carbocycles. The SMILES string of the molecule is CC(=O)Nc1nc2c([N+](=O)[O-])cc(C)cc2s1. The molecule has 1 heterocycles. The number of benzene rings is 1. The van der Waals surface area contributed by atoms with Crippen LogP contribution in [0.4, 0.5) is 10.8 Å². The van der Waals surface area contributed by atoms with Crippen molar-refractivity contribution in [2.75, 3.05) is 5.32 Å². The van der Waals surface area contributed by atoms with Crippen LogP contribution in [0.25, 0.3) is 10.2 Å². The Labute approximate surface area is 100 Å². The summed E-state index contributed by atoms with van der Waals surface area (Å²) in [5.74, 6) is -0.247. The molecule has 0 atom stereocenters. The van der Waals surface area contributed by atoms with Crippen LogP contribution < -0.4 is 5.32 Å². The summed E-state index contributed by atoms with van der Waals surface area (Å²) in [4.78, 5) is 25.4. The van der Waals surface area contributed by atoms with Gasteiger partial charge in [-0.15, -0.1) is 0 Å². The zero-order valence-corrected chi connectivity index (χ0v) is 10.00. The Kier molecular flexibility index (Phi) is 2.76. The van der Waals surface area contributed by atoms with Gasteiger partial charge in [0.25, 0.3) is 5.69 Å². The number of rotatable bonds is 2. The first-order valence-corrected chi connectivity index (χ1v) is 5.62. The second kappa shape index (κ2) is 4.10. The summed E-state index contributed by atoms with van der Waals surface area (Å²) in [7, 11) is 0. The average molecular weight is 251 g/mol. The Balaban J connectivity index is 2.63. The lowest BCUT2D eigenvalue weighted by Crippen LogP contribution is -2.04. The number of aryl methyl sites for hydroxylation is 1. The lowest BCUT2D eigenvalue weighted by molar-refractivity contribution is -0.383. The van der Waals surface area contributed by atoms with Gasteiger partial charge in [0.2, 0.25) is 5.91 Å². The van der Waals surface area contributed by atoms with Crippen molar-refractivity contribution in [3.63, 3.8) is 0 Å².